The first-order valence-corrected chi connectivity index (χ1v) is 8.87. The van der Waals surface area contributed by atoms with E-state index in [9.17, 15) is 4.79 Å². The van der Waals surface area contributed by atoms with Gasteiger partial charge in [0.05, 0.1) is 13.0 Å². The van der Waals surface area contributed by atoms with Crippen LogP contribution in [0.15, 0.2) is 53.3 Å². The van der Waals surface area contributed by atoms with Crippen molar-refractivity contribution in [1.29, 1.82) is 0 Å². The Bertz CT molecular complexity index is 902. The number of carbonyl (C=O) groups excluding carboxylic acids is 1. The fourth-order valence-electron chi connectivity index (χ4n) is 3.05. The van der Waals surface area contributed by atoms with Crippen molar-refractivity contribution in [3.63, 3.8) is 0 Å². The zero-order valence-corrected chi connectivity index (χ0v) is 15.0. The quantitative estimate of drug-likeness (QED) is 0.669. The summed E-state index contributed by atoms with van der Waals surface area (Å²) in [6, 6.07) is 11.5. The minimum absolute atomic E-state index is 0.104. The van der Waals surface area contributed by atoms with Gasteiger partial charge in [-0.05, 0) is 36.2 Å². The summed E-state index contributed by atoms with van der Waals surface area (Å²) in [5, 5.41) is 4.01. The van der Waals surface area contributed by atoms with E-state index >= 15 is 0 Å². The van der Waals surface area contributed by atoms with Gasteiger partial charge in [-0.2, -0.15) is 4.98 Å². The Morgan fingerprint density at radius 3 is 2.78 bits per heavy atom. The molecule has 1 fully saturated rings. The van der Waals surface area contributed by atoms with Crippen LogP contribution in [0.5, 0.6) is 5.75 Å². The van der Waals surface area contributed by atoms with Gasteiger partial charge in [0.2, 0.25) is 17.6 Å². The molecule has 0 bridgehead atoms. The SMILES string of the molecule is COc1ccc(CCC(=O)N2CC(c3nc(-c4cccnc4)no3)C2)cc1. The number of aryl methyl sites for hydroxylation is 1. The highest BCUT2D eigenvalue weighted by molar-refractivity contribution is 5.77. The largest absolute Gasteiger partial charge is 0.497 e. The van der Waals surface area contributed by atoms with Gasteiger partial charge in [-0.3, -0.25) is 9.78 Å². The van der Waals surface area contributed by atoms with Crippen LogP contribution in [0, 0.1) is 0 Å². The van der Waals surface area contributed by atoms with E-state index < -0.39 is 0 Å². The van der Waals surface area contributed by atoms with Crippen LogP contribution < -0.4 is 4.74 Å². The second-order valence-corrected chi connectivity index (χ2v) is 6.54. The van der Waals surface area contributed by atoms with Gasteiger partial charge >= 0.3 is 0 Å². The van der Waals surface area contributed by atoms with Crippen LogP contribution in [-0.4, -0.2) is 46.1 Å². The fourth-order valence-corrected chi connectivity index (χ4v) is 3.05. The number of methoxy groups -OCH3 is 1. The van der Waals surface area contributed by atoms with E-state index in [0.717, 1.165) is 23.3 Å². The summed E-state index contributed by atoms with van der Waals surface area (Å²) in [5.41, 5.74) is 1.94. The maximum atomic E-state index is 12.4. The van der Waals surface area contributed by atoms with Crippen molar-refractivity contribution in [3.8, 4) is 17.1 Å². The lowest BCUT2D eigenvalue weighted by molar-refractivity contribution is -0.135. The molecule has 7 nitrogen and oxygen atoms in total. The summed E-state index contributed by atoms with van der Waals surface area (Å²) < 4.78 is 10.5. The number of pyridine rings is 1. The average molecular weight is 364 g/mol. The van der Waals surface area contributed by atoms with E-state index in [4.69, 9.17) is 9.26 Å². The van der Waals surface area contributed by atoms with Gasteiger partial charge in [0.15, 0.2) is 0 Å². The Morgan fingerprint density at radius 2 is 2.07 bits per heavy atom. The molecule has 0 aliphatic carbocycles. The molecule has 0 saturated carbocycles. The topological polar surface area (TPSA) is 81.4 Å². The Hall–Kier alpha value is -3.22. The van der Waals surface area contributed by atoms with Crippen molar-refractivity contribution in [2.24, 2.45) is 0 Å². The molecule has 138 valence electrons. The highest BCUT2D eigenvalue weighted by atomic mass is 16.5. The number of rotatable bonds is 6. The highest BCUT2D eigenvalue weighted by Gasteiger charge is 2.35. The van der Waals surface area contributed by atoms with Crippen LogP contribution in [0.25, 0.3) is 11.4 Å². The van der Waals surface area contributed by atoms with Crippen LogP contribution in [0.2, 0.25) is 0 Å². The van der Waals surface area contributed by atoms with Crippen LogP contribution in [0.4, 0.5) is 0 Å². The smallest absolute Gasteiger partial charge is 0.233 e. The molecule has 3 aromatic rings. The number of aromatic nitrogens is 3. The molecule has 0 radical (unpaired) electrons. The predicted molar refractivity (Wildman–Crippen MR) is 98.2 cm³/mol. The molecule has 3 heterocycles. The average Bonchev–Trinajstić information content (AvgIpc) is 3.16. The van der Waals surface area contributed by atoms with Gasteiger partial charge in [-0.15, -0.1) is 0 Å². The van der Waals surface area contributed by atoms with Gasteiger partial charge in [-0.25, -0.2) is 0 Å². The summed E-state index contributed by atoms with van der Waals surface area (Å²) in [6.07, 6.45) is 4.61. The van der Waals surface area contributed by atoms with E-state index in [-0.39, 0.29) is 11.8 Å². The Labute approximate surface area is 157 Å². The number of carbonyl (C=O) groups is 1. The maximum absolute atomic E-state index is 12.4. The molecule has 4 rings (SSSR count). The maximum Gasteiger partial charge on any atom is 0.233 e. The molecular weight excluding hydrogens is 344 g/mol. The van der Waals surface area contributed by atoms with Crippen molar-refractivity contribution in [2.45, 2.75) is 18.8 Å². The normalized spacial score (nSPS) is 14.0. The number of hydrogen-bond acceptors (Lipinski definition) is 6. The lowest BCUT2D eigenvalue weighted by Crippen LogP contribution is -2.48. The summed E-state index contributed by atoms with van der Waals surface area (Å²) in [7, 11) is 1.64. The van der Waals surface area contributed by atoms with E-state index in [1.54, 1.807) is 19.5 Å². The van der Waals surface area contributed by atoms with Crippen LogP contribution in [0.3, 0.4) is 0 Å². The second-order valence-electron chi connectivity index (χ2n) is 6.54. The van der Waals surface area contributed by atoms with Crippen LogP contribution in [0.1, 0.15) is 23.8 Å². The van der Waals surface area contributed by atoms with Crippen molar-refractivity contribution < 1.29 is 14.1 Å². The van der Waals surface area contributed by atoms with Gasteiger partial charge in [0.25, 0.3) is 0 Å². The molecule has 1 amide bonds. The fraction of sp³-hybridized carbons (Fsp3) is 0.300. The summed E-state index contributed by atoms with van der Waals surface area (Å²) in [6.45, 7) is 1.24. The third-order valence-electron chi connectivity index (χ3n) is 4.73. The number of ether oxygens (including phenoxy) is 1. The van der Waals surface area contributed by atoms with E-state index in [2.05, 4.69) is 15.1 Å². The number of likely N-dealkylation sites (tertiary alicyclic amines) is 1. The first-order chi connectivity index (χ1) is 13.2. The highest BCUT2D eigenvalue weighted by Crippen LogP contribution is 2.28. The Morgan fingerprint density at radius 1 is 1.26 bits per heavy atom. The summed E-state index contributed by atoms with van der Waals surface area (Å²) >= 11 is 0. The predicted octanol–water partition coefficient (Wildman–Crippen LogP) is 2.70. The molecule has 2 aromatic heterocycles. The standard InChI is InChI=1S/C20H20N4O3/c1-26-17-7-4-14(5-8-17)6-9-18(25)24-12-16(13-24)20-22-19(23-27-20)15-3-2-10-21-11-15/h2-5,7-8,10-11,16H,6,9,12-13H2,1H3. The van der Waals surface area contributed by atoms with Crippen molar-refractivity contribution >= 4 is 5.91 Å². The van der Waals surface area contributed by atoms with Gasteiger partial charge in [-0.1, -0.05) is 17.3 Å². The number of benzene rings is 1. The van der Waals surface area contributed by atoms with Gasteiger partial charge < -0.3 is 14.2 Å². The van der Waals surface area contributed by atoms with E-state index in [0.29, 0.717) is 31.2 Å². The van der Waals surface area contributed by atoms with Gasteiger partial charge in [0.1, 0.15) is 5.75 Å². The summed E-state index contributed by atoms with van der Waals surface area (Å²) in [4.78, 5) is 22.7. The zero-order chi connectivity index (χ0) is 18.6. The number of hydrogen-bond donors (Lipinski definition) is 0. The third-order valence-corrected chi connectivity index (χ3v) is 4.73. The minimum atomic E-state index is 0.104. The minimum Gasteiger partial charge on any atom is -0.497 e. The molecule has 0 unspecified atom stereocenters. The molecule has 1 aromatic carbocycles. The molecule has 27 heavy (non-hydrogen) atoms. The number of amides is 1. The lowest BCUT2D eigenvalue weighted by Gasteiger charge is -2.37. The zero-order valence-electron chi connectivity index (χ0n) is 15.0. The third kappa shape index (κ3) is 3.81. The van der Waals surface area contributed by atoms with Crippen molar-refractivity contribution in [3.05, 3.63) is 60.2 Å². The van der Waals surface area contributed by atoms with E-state index in [1.807, 2.05) is 41.3 Å². The summed E-state index contributed by atoms with van der Waals surface area (Å²) in [5.74, 6) is 2.18. The van der Waals surface area contributed by atoms with Crippen molar-refractivity contribution in [2.75, 3.05) is 20.2 Å². The Kier molecular flexibility index (Phi) is 4.82. The molecule has 1 saturated heterocycles. The molecule has 0 spiro atoms. The van der Waals surface area contributed by atoms with Crippen LogP contribution in [-0.2, 0) is 11.2 Å². The Balaban J connectivity index is 1.27. The second kappa shape index (κ2) is 7.57. The van der Waals surface area contributed by atoms with Gasteiger partial charge in [0, 0.05) is 37.5 Å². The number of nitrogens with zero attached hydrogens (tertiary/aromatic N) is 4. The monoisotopic (exact) mass is 364 g/mol. The molecule has 1 aliphatic rings. The molecule has 0 N–H and O–H groups in total. The molecule has 1 aliphatic heterocycles. The van der Waals surface area contributed by atoms with Crippen molar-refractivity contribution in [1.82, 2.24) is 20.0 Å². The first kappa shape index (κ1) is 17.2. The van der Waals surface area contributed by atoms with E-state index in [1.165, 1.54) is 0 Å². The molecule has 7 heteroatoms. The van der Waals surface area contributed by atoms with Crippen LogP contribution >= 0.6 is 0 Å². The first-order valence-electron chi connectivity index (χ1n) is 8.87. The molecular formula is C20H20N4O3. The lowest BCUT2D eigenvalue weighted by atomic mass is 9.99. The molecule has 0 atom stereocenters.